The predicted octanol–water partition coefficient (Wildman–Crippen LogP) is 0.467. The number of hydrogen-bond acceptors (Lipinski definition) is 5. The summed E-state index contributed by atoms with van der Waals surface area (Å²) in [5.74, 6) is -0.832. The lowest BCUT2D eigenvalue weighted by Gasteiger charge is -2.34. The summed E-state index contributed by atoms with van der Waals surface area (Å²) >= 11 is 0. The maximum Gasteiger partial charge on any atom is 0.325 e. The SMILES string of the molecule is Cc1ccc(S(=O)(=O)N2CCN(C(=O)CN3C(=O)NC(C)(C)C3=O)CC2)c(C)c1. The van der Waals surface area contributed by atoms with Gasteiger partial charge in [-0.2, -0.15) is 4.31 Å². The molecule has 29 heavy (non-hydrogen) atoms. The number of urea groups is 1. The molecule has 2 aliphatic heterocycles. The van der Waals surface area contributed by atoms with Crippen molar-refractivity contribution in [3.8, 4) is 0 Å². The zero-order chi connectivity index (χ0) is 21.6. The Bertz CT molecular complexity index is 965. The van der Waals surface area contributed by atoms with E-state index >= 15 is 0 Å². The Hall–Kier alpha value is -2.46. The lowest BCUT2D eigenvalue weighted by atomic mass is 10.1. The molecule has 0 atom stereocenters. The molecule has 2 fully saturated rings. The van der Waals surface area contributed by atoms with Gasteiger partial charge in [-0.15, -0.1) is 0 Å². The Morgan fingerprint density at radius 1 is 1.10 bits per heavy atom. The lowest BCUT2D eigenvalue weighted by molar-refractivity contribution is -0.139. The molecule has 2 saturated heterocycles. The summed E-state index contributed by atoms with van der Waals surface area (Å²) in [6.07, 6.45) is 0. The van der Waals surface area contributed by atoms with Gasteiger partial charge in [0.05, 0.1) is 4.90 Å². The molecule has 3 rings (SSSR count). The summed E-state index contributed by atoms with van der Waals surface area (Å²) in [7, 11) is -3.65. The van der Waals surface area contributed by atoms with Crippen LogP contribution in [0.15, 0.2) is 23.1 Å². The number of hydrogen-bond donors (Lipinski definition) is 1. The van der Waals surface area contributed by atoms with Crippen molar-refractivity contribution in [3.05, 3.63) is 29.3 Å². The fraction of sp³-hybridized carbons (Fsp3) is 0.526. The van der Waals surface area contributed by atoms with Crippen LogP contribution < -0.4 is 5.32 Å². The molecule has 2 heterocycles. The molecule has 9 nitrogen and oxygen atoms in total. The summed E-state index contributed by atoms with van der Waals surface area (Å²) < 4.78 is 27.3. The van der Waals surface area contributed by atoms with E-state index in [0.29, 0.717) is 5.56 Å². The standard InChI is InChI=1S/C19H26N4O5S/c1-13-5-6-15(14(2)11-13)29(27,28)22-9-7-21(8-10-22)16(24)12-23-17(25)19(3,4)20-18(23)26/h5-6,11H,7-10,12H2,1-4H3,(H,20,26). The van der Waals surface area contributed by atoms with Gasteiger partial charge in [0, 0.05) is 26.2 Å². The third-order valence-corrected chi connectivity index (χ3v) is 7.34. The third kappa shape index (κ3) is 3.99. The van der Waals surface area contributed by atoms with Gasteiger partial charge in [-0.3, -0.25) is 14.5 Å². The number of amides is 4. The van der Waals surface area contributed by atoms with Crippen molar-refractivity contribution in [2.45, 2.75) is 38.1 Å². The molecule has 10 heteroatoms. The lowest BCUT2D eigenvalue weighted by Crippen LogP contribution is -2.53. The van der Waals surface area contributed by atoms with Crippen LogP contribution in [-0.2, 0) is 19.6 Å². The number of carbonyl (C=O) groups excluding carboxylic acids is 3. The minimum atomic E-state index is -3.65. The van der Waals surface area contributed by atoms with Crippen molar-refractivity contribution >= 4 is 27.9 Å². The van der Waals surface area contributed by atoms with Crippen molar-refractivity contribution in [2.75, 3.05) is 32.7 Å². The van der Waals surface area contributed by atoms with Crippen LogP contribution in [0.25, 0.3) is 0 Å². The van der Waals surface area contributed by atoms with Crippen LogP contribution in [0.2, 0.25) is 0 Å². The molecule has 0 unspecified atom stereocenters. The molecule has 158 valence electrons. The fourth-order valence-corrected chi connectivity index (χ4v) is 5.23. The van der Waals surface area contributed by atoms with E-state index in [1.807, 2.05) is 13.0 Å². The van der Waals surface area contributed by atoms with E-state index in [4.69, 9.17) is 0 Å². The Morgan fingerprint density at radius 2 is 1.72 bits per heavy atom. The van der Waals surface area contributed by atoms with Crippen molar-refractivity contribution in [3.63, 3.8) is 0 Å². The van der Waals surface area contributed by atoms with Gasteiger partial charge < -0.3 is 10.2 Å². The number of benzene rings is 1. The molecule has 0 aromatic heterocycles. The maximum absolute atomic E-state index is 12.9. The summed E-state index contributed by atoms with van der Waals surface area (Å²) in [6.45, 7) is 7.20. The molecule has 2 aliphatic rings. The smallest absolute Gasteiger partial charge is 0.325 e. The van der Waals surface area contributed by atoms with Crippen LogP contribution in [-0.4, -0.2) is 78.6 Å². The largest absolute Gasteiger partial charge is 0.338 e. The van der Waals surface area contributed by atoms with Crippen LogP contribution in [0.5, 0.6) is 0 Å². The van der Waals surface area contributed by atoms with E-state index in [0.717, 1.165) is 10.5 Å². The number of carbonyl (C=O) groups is 3. The van der Waals surface area contributed by atoms with Gasteiger partial charge in [-0.05, 0) is 39.3 Å². The van der Waals surface area contributed by atoms with Crippen molar-refractivity contribution in [2.24, 2.45) is 0 Å². The third-order valence-electron chi connectivity index (χ3n) is 5.28. The van der Waals surface area contributed by atoms with E-state index < -0.39 is 27.5 Å². The Kier molecular flexibility index (Phi) is 5.44. The molecule has 0 saturated carbocycles. The number of sulfonamides is 1. The molecule has 0 spiro atoms. The Morgan fingerprint density at radius 3 is 2.24 bits per heavy atom. The number of aryl methyl sites for hydroxylation is 2. The molecule has 1 N–H and O–H groups in total. The first kappa shape index (κ1) is 21.3. The van der Waals surface area contributed by atoms with Gasteiger partial charge in [0.1, 0.15) is 12.1 Å². The van der Waals surface area contributed by atoms with Gasteiger partial charge in [0.2, 0.25) is 15.9 Å². The topological polar surface area (TPSA) is 107 Å². The predicted molar refractivity (Wildman–Crippen MR) is 106 cm³/mol. The summed E-state index contributed by atoms with van der Waals surface area (Å²) in [4.78, 5) is 39.4. The number of piperazine rings is 1. The van der Waals surface area contributed by atoms with Crippen LogP contribution in [0.1, 0.15) is 25.0 Å². The van der Waals surface area contributed by atoms with E-state index in [9.17, 15) is 22.8 Å². The number of nitrogens with zero attached hydrogens (tertiary/aromatic N) is 3. The highest BCUT2D eigenvalue weighted by Gasteiger charge is 2.45. The second kappa shape index (κ2) is 7.42. The molecular formula is C19H26N4O5S. The maximum atomic E-state index is 12.9. The average Bonchev–Trinajstić information content (AvgIpc) is 2.83. The summed E-state index contributed by atoms with van der Waals surface area (Å²) in [5.41, 5.74) is 0.640. The van der Waals surface area contributed by atoms with Gasteiger partial charge in [-0.25, -0.2) is 13.2 Å². The van der Waals surface area contributed by atoms with Crippen molar-refractivity contribution < 1.29 is 22.8 Å². The molecule has 0 aliphatic carbocycles. The van der Waals surface area contributed by atoms with Crippen LogP contribution in [0, 0.1) is 13.8 Å². The summed E-state index contributed by atoms with van der Waals surface area (Å²) in [5, 5.41) is 2.53. The monoisotopic (exact) mass is 422 g/mol. The van der Waals surface area contributed by atoms with Gasteiger partial charge in [0.15, 0.2) is 0 Å². The highest BCUT2D eigenvalue weighted by molar-refractivity contribution is 7.89. The molecule has 1 aromatic rings. The fourth-order valence-electron chi connectivity index (χ4n) is 3.60. The first-order chi connectivity index (χ1) is 13.4. The van der Waals surface area contributed by atoms with Crippen LogP contribution >= 0.6 is 0 Å². The van der Waals surface area contributed by atoms with E-state index in [-0.39, 0.29) is 43.5 Å². The van der Waals surface area contributed by atoms with Gasteiger partial charge in [0.25, 0.3) is 5.91 Å². The van der Waals surface area contributed by atoms with Crippen LogP contribution in [0.3, 0.4) is 0 Å². The van der Waals surface area contributed by atoms with Gasteiger partial charge in [-0.1, -0.05) is 17.7 Å². The minimum absolute atomic E-state index is 0.160. The number of nitrogens with one attached hydrogen (secondary N) is 1. The zero-order valence-electron chi connectivity index (χ0n) is 17.1. The van der Waals surface area contributed by atoms with E-state index in [1.54, 1.807) is 32.9 Å². The van der Waals surface area contributed by atoms with Gasteiger partial charge >= 0.3 is 6.03 Å². The second-order valence-corrected chi connectivity index (χ2v) is 9.91. The molecule has 0 radical (unpaired) electrons. The molecule has 0 bridgehead atoms. The Labute approximate surface area is 170 Å². The molecular weight excluding hydrogens is 396 g/mol. The van der Waals surface area contributed by atoms with Crippen LogP contribution in [0.4, 0.5) is 4.79 Å². The van der Waals surface area contributed by atoms with Crippen molar-refractivity contribution in [1.82, 2.24) is 19.4 Å². The molecule has 4 amide bonds. The van der Waals surface area contributed by atoms with Crippen molar-refractivity contribution in [1.29, 1.82) is 0 Å². The number of rotatable bonds is 4. The second-order valence-electron chi connectivity index (χ2n) is 8.00. The zero-order valence-corrected chi connectivity index (χ0v) is 17.9. The summed E-state index contributed by atoms with van der Waals surface area (Å²) in [6, 6.07) is 4.60. The first-order valence-electron chi connectivity index (χ1n) is 9.43. The normalized spacial score (nSPS) is 20.1. The first-order valence-corrected chi connectivity index (χ1v) is 10.9. The quantitative estimate of drug-likeness (QED) is 0.710. The van der Waals surface area contributed by atoms with E-state index in [1.165, 1.54) is 9.21 Å². The Balaban J connectivity index is 1.64. The molecule has 1 aromatic carbocycles. The average molecular weight is 423 g/mol. The van der Waals surface area contributed by atoms with E-state index in [2.05, 4.69) is 5.32 Å². The highest BCUT2D eigenvalue weighted by Crippen LogP contribution is 2.22. The minimum Gasteiger partial charge on any atom is -0.338 e. The highest BCUT2D eigenvalue weighted by atomic mass is 32.2. The number of imide groups is 1.